The summed E-state index contributed by atoms with van der Waals surface area (Å²) in [4.78, 5) is 24.0. The number of fused-ring (bicyclic) bond motifs is 1. The van der Waals surface area contributed by atoms with Crippen LogP contribution in [0.5, 0.6) is 0 Å². The van der Waals surface area contributed by atoms with Crippen LogP contribution in [0.1, 0.15) is 47.7 Å². The van der Waals surface area contributed by atoms with Gasteiger partial charge in [0.05, 0.1) is 11.2 Å². The van der Waals surface area contributed by atoms with Crippen molar-refractivity contribution in [3.63, 3.8) is 0 Å². The molecule has 1 aromatic heterocycles. The van der Waals surface area contributed by atoms with E-state index in [1.165, 1.54) is 23.8 Å². The van der Waals surface area contributed by atoms with Crippen molar-refractivity contribution in [3.8, 4) is 0 Å². The van der Waals surface area contributed by atoms with Gasteiger partial charge in [-0.15, -0.1) is 0 Å². The fourth-order valence-corrected chi connectivity index (χ4v) is 3.98. The molecule has 0 bridgehead atoms. The number of amides is 1. The van der Waals surface area contributed by atoms with Gasteiger partial charge in [0, 0.05) is 25.0 Å². The summed E-state index contributed by atoms with van der Waals surface area (Å²) in [7, 11) is 0. The monoisotopic (exact) mass is 344 g/mol. The van der Waals surface area contributed by atoms with Crippen LogP contribution in [0.25, 0.3) is 10.9 Å². The summed E-state index contributed by atoms with van der Waals surface area (Å²) in [6, 6.07) is 4.83. The van der Waals surface area contributed by atoms with E-state index < -0.39 is 6.09 Å². The lowest BCUT2D eigenvalue weighted by Crippen LogP contribution is -2.36. The Hall–Kier alpha value is -2.37. The second-order valence-corrected chi connectivity index (χ2v) is 7.22. The fraction of sp³-hybridized carbons (Fsp3) is 0.474. The summed E-state index contributed by atoms with van der Waals surface area (Å²) in [6.07, 6.45) is 3.64. The summed E-state index contributed by atoms with van der Waals surface area (Å²) in [6.45, 7) is 1.72. The molecular formula is C19H21FN2O3. The van der Waals surface area contributed by atoms with E-state index in [1.807, 2.05) is 4.57 Å². The average Bonchev–Trinajstić information content (AvgIpc) is 3.35. The minimum Gasteiger partial charge on any atom is -0.465 e. The predicted molar refractivity (Wildman–Crippen MR) is 91.6 cm³/mol. The molecule has 1 aliphatic heterocycles. The zero-order valence-electron chi connectivity index (χ0n) is 13.9. The number of benzene rings is 1. The Morgan fingerprint density at radius 3 is 2.52 bits per heavy atom. The van der Waals surface area contributed by atoms with Crippen molar-refractivity contribution in [1.82, 2.24) is 9.47 Å². The Kier molecular flexibility index (Phi) is 3.98. The topological polar surface area (TPSA) is 62.5 Å². The molecular weight excluding hydrogens is 323 g/mol. The number of aromatic nitrogens is 1. The first-order valence-corrected chi connectivity index (χ1v) is 8.82. The standard InChI is InChI=1S/C19H21FN2O3/c20-15-7-14-8-16(11-23)22(10-12-1-2-12)18(14)17(9-15)13-3-5-21(6-4-13)19(24)25/h7-9,11-13H,1-6,10H2,(H,24,25). The highest BCUT2D eigenvalue weighted by Crippen LogP contribution is 2.38. The van der Waals surface area contributed by atoms with E-state index in [4.69, 9.17) is 5.11 Å². The third kappa shape index (κ3) is 3.01. The van der Waals surface area contributed by atoms with Gasteiger partial charge in [-0.25, -0.2) is 9.18 Å². The van der Waals surface area contributed by atoms with E-state index in [9.17, 15) is 14.0 Å². The third-order valence-electron chi connectivity index (χ3n) is 5.48. The van der Waals surface area contributed by atoms with Gasteiger partial charge in [-0.3, -0.25) is 4.79 Å². The van der Waals surface area contributed by atoms with Gasteiger partial charge >= 0.3 is 6.09 Å². The zero-order valence-corrected chi connectivity index (χ0v) is 13.9. The maximum absolute atomic E-state index is 14.2. The first-order chi connectivity index (χ1) is 12.1. The molecule has 1 aromatic carbocycles. The summed E-state index contributed by atoms with van der Waals surface area (Å²) in [5.41, 5.74) is 2.45. The van der Waals surface area contributed by atoms with Crippen molar-refractivity contribution in [2.45, 2.75) is 38.1 Å². The SMILES string of the molecule is O=Cc1cc2cc(F)cc(C3CCN(C(=O)O)CC3)c2n1CC1CC1. The van der Waals surface area contributed by atoms with E-state index in [-0.39, 0.29) is 11.7 Å². The summed E-state index contributed by atoms with van der Waals surface area (Å²) in [5.74, 6) is 0.409. The highest BCUT2D eigenvalue weighted by Gasteiger charge is 2.28. The van der Waals surface area contributed by atoms with E-state index in [1.54, 1.807) is 12.1 Å². The molecule has 1 amide bonds. The van der Waals surface area contributed by atoms with Crippen LogP contribution >= 0.6 is 0 Å². The lowest BCUT2D eigenvalue weighted by Gasteiger charge is -2.31. The molecule has 5 nitrogen and oxygen atoms in total. The van der Waals surface area contributed by atoms with E-state index >= 15 is 0 Å². The predicted octanol–water partition coefficient (Wildman–Crippen LogP) is 3.86. The molecule has 0 radical (unpaired) electrons. The molecule has 0 atom stereocenters. The van der Waals surface area contributed by atoms with Crippen LogP contribution < -0.4 is 0 Å². The van der Waals surface area contributed by atoms with Gasteiger partial charge in [-0.05, 0) is 61.3 Å². The maximum Gasteiger partial charge on any atom is 0.407 e. The van der Waals surface area contributed by atoms with Crippen LogP contribution in [0.2, 0.25) is 0 Å². The van der Waals surface area contributed by atoms with Crippen molar-refractivity contribution < 1.29 is 19.1 Å². The van der Waals surface area contributed by atoms with Gasteiger partial charge < -0.3 is 14.6 Å². The average molecular weight is 344 g/mol. The quantitative estimate of drug-likeness (QED) is 0.857. The summed E-state index contributed by atoms with van der Waals surface area (Å²) >= 11 is 0. The van der Waals surface area contributed by atoms with Gasteiger partial charge in [0.2, 0.25) is 0 Å². The highest BCUT2D eigenvalue weighted by molar-refractivity contribution is 5.91. The molecule has 6 heteroatoms. The number of hydrogen-bond acceptors (Lipinski definition) is 2. The molecule has 2 aromatic rings. The Balaban J connectivity index is 1.75. The van der Waals surface area contributed by atoms with Crippen LogP contribution in [0.4, 0.5) is 9.18 Å². The normalized spacial score (nSPS) is 18.7. The molecule has 1 N–H and O–H groups in total. The van der Waals surface area contributed by atoms with Gasteiger partial charge in [-0.1, -0.05) is 0 Å². The largest absolute Gasteiger partial charge is 0.465 e. The molecule has 1 aliphatic carbocycles. The number of halogens is 1. The number of likely N-dealkylation sites (tertiary alicyclic amines) is 1. The minimum atomic E-state index is -0.900. The maximum atomic E-state index is 14.2. The van der Waals surface area contributed by atoms with E-state index in [0.717, 1.165) is 29.3 Å². The molecule has 2 fully saturated rings. The Labute approximate surface area is 145 Å². The van der Waals surface area contributed by atoms with Crippen LogP contribution in [-0.4, -0.2) is 40.0 Å². The Morgan fingerprint density at radius 2 is 1.92 bits per heavy atom. The van der Waals surface area contributed by atoms with Gasteiger partial charge in [-0.2, -0.15) is 0 Å². The van der Waals surface area contributed by atoms with Crippen molar-refractivity contribution in [2.75, 3.05) is 13.1 Å². The van der Waals surface area contributed by atoms with Crippen LogP contribution in [-0.2, 0) is 6.54 Å². The lowest BCUT2D eigenvalue weighted by molar-refractivity contribution is 0.111. The molecule has 2 aliphatic rings. The summed E-state index contributed by atoms with van der Waals surface area (Å²) in [5, 5.41) is 9.88. The Morgan fingerprint density at radius 1 is 1.20 bits per heavy atom. The molecule has 132 valence electrons. The van der Waals surface area contributed by atoms with Crippen molar-refractivity contribution in [2.24, 2.45) is 5.92 Å². The number of carbonyl (C=O) groups is 2. The summed E-state index contributed by atoms with van der Waals surface area (Å²) < 4.78 is 16.2. The smallest absolute Gasteiger partial charge is 0.407 e. The Bertz CT molecular complexity index is 833. The third-order valence-corrected chi connectivity index (χ3v) is 5.48. The fourth-order valence-electron chi connectivity index (χ4n) is 3.98. The van der Waals surface area contributed by atoms with Crippen LogP contribution in [0, 0.1) is 11.7 Å². The molecule has 4 rings (SSSR count). The molecule has 25 heavy (non-hydrogen) atoms. The molecule has 2 heterocycles. The minimum absolute atomic E-state index is 0.112. The number of aldehydes is 1. The second-order valence-electron chi connectivity index (χ2n) is 7.22. The number of carboxylic acid groups (broad SMARTS) is 1. The van der Waals surface area contributed by atoms with E-state index in [2.05, 4.69) is 0 Å². The van der Waals surface area contributed by atoms with Crippen molar-refractivity contribution in [3.05, 3.63) is 35.3 Å². The molecule has 0 unspecified atom stereocenters. The van der Waals surface area contributed by atoms with Gasteiger partial charge in [0.1, 0.15) is 5.82 Å². The van der Waals surface area contributed by atoms with Crippen molar-refractivity contribution >= 4 is 23.3 Å². The van der Waals surface area contributed by atoms with Crippen LogP contribution in [0.3, 0.4) is 0 Å². The molecule has 1 saturated carbocycles. The first-order valence-electron chi connectivity index (χ1n) is 8.82. The first kappa shape index (κ1) is 16.1. The number of rotatable bonds is 4. The van der Waals surface area contributed by atoms with Crippen LogP contribution in [0.15, 0.2) is 18.2 Å². The number of piperidine rings is 1. The number of hydrogen-bond donors (Lipinski definition) is 1. The van der Waals surface area contributed by atoms with E-state index in [0.29, 0.717) is 37.5 Å². The molecule has 0 spiro atoms. The zero-order chi connectivity index (χ0) is 17.6. The van der Waals surface area contributed by atoms with Gasteiger partial charge in [0.25, 0.3) is 0 Å². The second kappa shape index (κ2) is 6.17. The lowest BCUT2D eigenvalue weighted by atomic mass is 9.88. The highest BCUT2D eigenvalue weighted by atomic mass is 19.1. The molecule has 1 saturated heterocycles. The number of carbonyl (C=O) groups excluding carboxylic acids is 1. The number of nitrogens with zero attached hydrogens (tertiary/aromatic N) is 2. The van der Waals surface area contributed by atoms with Gasteiger partial charge in [0.15, 0.2) is 6.29 Å². The van der Waals surface area contributed by atoms with Crippen molar-refractivity contribution in [1.29, 1.82) is 0 Å².